The molecule has 0 radical (unpaired) electrons. The Morgan fingerprint density at radius 2 is 1.93 bits per heavy atom. The molecular weight excluding hydrogens is 228 g/mol. The monoisotopic (exact) mass is 238 g/mol. The second kappa shape index (κ2) is 4.86. The van der Waals surface area contributed by atoms with E-state index in [4.69, 9.17) is 11.6 Å². The van der Waals surface area contributed by atoms with Gasteiger partial charge in [-0.05, 0) is 35.1 Å². The second-order valence-corrected chi connectivity index (χ2v) is 5.03. The number of thioether (sulfide) groups is 1. The standard InChI is InChI=1S/C12H11ClOS/c13-10-3-1-9(2-4-10)8-15-12-6-5-11(14)7-12/h1-4,7H,5-6,8H2. The fourth-order valence-electron chi connectivity index (χ4n) is 1.44. The van der Waals surface area contributed by atoms with E-state index in [-0.39, 0.29) is 5.78 Å². The van der Waals surface area contributed by atoms with E-state index < -0.39 is 0 Å². The number of allylic oxidation sites excluding steroid dienone is 2. The summed E-state index contributed by atoms with van der Waals surface area (Å²) in [5.41, 5.74) is 1.24. The van der Waals surface area contributed by atoms with Crippen LogP contribution < -0.4 is 0 Å². The molecule has 15 heavy (non-hydrogen) atoms. The molecule has 78 valence electrons. The highest BCUT2D eigenvalue weighted by molar-refractivity contribution is 8.02. The van der Waals surface area contributed by atoms with Crippen molar-refractivity contribution >= 4 is 29.1 Å². The van der Waals surface area contributed by atoms with Gasteiger partial charge in [-0.3, -0.25) is 4.79 Å². The van der Waals surface area contributed by atoms with Gasteiger partial charge < -0.3 is 0 Å². The van der Waals surface area contributed by atoms with Crippen LogP contribution >= 0.6 is 23.4 Å². The Labute approximate surface area is 98.5 Å². The van der Waals surface area contributed by atoms with Crippen LogP contribution in [0.1, 0.15) is 18.4 Å². The zero-order valence-corrected chi connectivity index (χ0v) is 9.77. The van der Waals surface area contributed by atoms with Crippen LogP contribution in [-0.4, -0.2) is 5.78 Å². The molecule has 0 saturated carbocycles. The number of carbonyl (C=O) groups excluding carboxylic acids is 1. The summed E-state index contributed by atoms with van der Waals surface area (Å²) in [4.78, 5) is 12.2. The minimum Gasteiger partial charge on any atom is -0.295 e. The van der Waals surface area contributed by atoms with Gasteiger partial charge in [-0.2, -0.15) is 0 Å². The van der Waals surface area contributed by atoms with Gasteiger partial charge in [-0.15, -0.1) is 11.8 Å². The molecule has 0 atom stereocenters. The molecule has 0 heterocycles. The van der Waals surface area contributed by atoms with Crippen LogP contribution in [0.2, 0.25) is 5.02 Å². The minimum absolute atomic E-state index is 0.258. The molecule has 2 rings (SSSR count). The zero-order chi connectivity index (χ0) is 10.7. The Hall–Kier alpha value is -0.730. The largest absolute Gasteiger partial charge is 0.295 e. The van der Waals surface area contributed by atoms with Crippen LogP contribution in [0.15, 0.2) is 35.2 Å². The number of benzene rings is 1. The lowest BCUT2D eigenvalue weighted by atomic mass is 10.2. The molecule has 0 aliphatic heterocycles. The molecule has 0 fully saturated rings. The maximum atomic E-state index is 11.0. The molecule has 1 aromatic carbocycles. The van der Waals surface area contributed by atoms with Crippen LogP contribution in [-0.2, 0) is 10.5 Å². The maximum absolute atomic E-state index is 11.0. The Balaban J connectivity index is 1.91. The predicted molar refractivity (Wildman–Crippen MR) is 65.1 cm³/mol. The van der Waals surface area contributed by atoms with Crippen molar-refractivity contribution in [2.75, 3.05) is 0 Å². The first-order chi connectivity index (χ1) is 7.24. The summed E-state index contributed by atoms with van der Waals surface area (Å²) in [5, 5.41) is 0.763. The lowest BCUT2D eigenvalue weighted by Crippen LogP contribution is -1.80. The Bertz CT molecular complexity index is 395. The van der Waals surface area contributed by atoms with Crippen molar-refractivity contribution in [2.24, 2.45) is 0 Å². The summed E-state index contributed by atoms with van der Waals surface area (Å²) in [6, 6.07) is 7.83. The van der Waals surface area contributed by atoms with Crippen molar-refractivity contribution in [3.05, 3.63) is 45.8 Å². The van der Waals surface area contributed by atoms with Crippen molar-refractivity contribution in [1.82, 2.24) is 0 Å². The van der Waals surface area contributed by atoms with Crippen molar-refractivity contribution in [1.29, 1.82) is 0 Å². The van der Waals surface area contributed by atoms with Gasteiger partial charge in [-0.1, -0.05) is 23.7 Å². The normalized spacial score (nSPS) is 15.5. The third-order valence-electron chi connectivity index (χ3n) is 2.28. The zero-order valence-electron chi connectivity index (χ0n) is 8.20. The van der Waals surface area contributed by atoms with Crippen LogP contribution in [0.4, 0.5) is 0 Å². The van der Waals surface area contributed by atoms with E-state index in [1.165, 1.54) is 10.5 Å². The quantitative estimate of drug-likeness (QED) is 0.796. The Morgan fingerprint density at radius 3 is 2.53 bits per heavy atom. The number of carbonyl (C=O) groups is 1. The lowest BCUT2D eigenvalue weighted by Gasteiger charge is -2.01. The molecule has 0 unspecified atom stereocenters. The molecule has 0 bridgehead atoms. The summed E-state index contributed by atoms with van der Waals surface area (Å²) >= 11 is 7.54. The Kier molecular flexibility index (Phi) is 3.49. The summed E-state index contributed by atoms with van der Waals surface area (Å²) in [7, 11) is 0. The fourth-order valence-corrected chi connectivity index (χ4v) is 2.57. The van der Waals surface area contributed by atoms with E-state index in [1.807, 2.05) is 24.3 Å². The highest BCUT2D eigenvalue weighted by Gasteiger charge is 2.11. The van der Waals surface area contributed by atoms with Crippen molar-refractivity contribution in [3.63, 3.8) is 0 Å². The molecule has 1 aromatic rings. The van der Waals surface area contributed by atoms with Gasteiger partial charge in [0.25, 0.3) is 0 Å². The first kappa shape index (κ1) is 10.8. The number of hydrogen-bond donors (Lipinski definition) is 0. The predicted octanol–water partition coefficient (Wildman–Crippen LogP) is 3.82. The van der Waals surface area contributed by atoms with Gasteiger partial charge >= 0.3 is 0 Å². The number of halogens is 1. The van der Waals surface area contributed by atoms with E-state index in [9.17, 15) is 4.79 Å². The van der Waals surface area contributed by atoms with Crippen LogP contribution in [0, 0.1) is 0 Å². The summed E-state index contributed by atoms with van der Waals surface area (Å²) in [5.74, 6) is 1.17. The minimum atomic E-state index is 0.258. The molecule has 3 heteroatoms. The van der Waals surface area contributed by atoms with Crippen LogP contribution in [0.25, 0.3) is 0 Å². The highest BCUT2D eigenvalue weighted by Crippen LogP contribution is 2.29. The van der Waals surface area contributed by atoms with Crippen molar-refractivity contribution in [2.45, 2.75) is 18.6 Å². The van der Waals surface area contributed by atoms with Gasteiger partial charge in [0, 0.05) is 17.2 Å². The van der Waals surface area contributed by atoms with Gasteiger partial charge in [0.15, 0.2) is 5.78 Å². The van der Waals surface area contributed by atoms with Gasteiger partial charge in [0.2, 0.25) is 0 Å². The van der Waals surface area contributed by atoms with Gasteiger partial charge in [0.05, 0.1) is 0 Å². The summed E-state index contributed by atoms with van der Waals surface area (Å²) in [6.45, 7) is 0. The third kappa shape index (κ3) is 3.11. The maximum Gasteiger partial charge on any atom is 0.156 e. The fraction of sp³-hybridized carbons (Fsp3) is 0.250. The Morgan fingerprint density at radius 1 is 1.20 bits per heavy atom. The number of rotatable bonds is 3. The van der Waals surface area contributed by atoms with E-state index in [1.54, 1.807) is 17.8 Å². The first-order valence-electron chi connectivity index (χ1n) is 4.85. The SMILES string of the molecule is O=C1C=C(SCc2ccc(Cl)cc2)CC1. The smallest absolute Gasteiger partial charge is 0.156 e. The summed E-state index contributed by atoms with van der Waals surface area (Å²) in [6.07, 6.45) is 3.36. The molecule has 0 amide bonds. The average molecular weight is 239 g/mol. The molecule has 0 N–H and O–H groups in total. The van der Waals surface area contributed by atoms with Crippen LogP contribution in [0.3, 0.4) is 0 Å². The first-order valence-corrected chi connectivity index (χ1v) is 6.21. The number of hydrogen-bond acceptors (Lipinski definition) is 2. The van der Waals surface area contributed by atoms with E-state index in [0.717, 1.165) is 17.2 Å². The molecule has 1 aliphatic rings. The van der Waals surface area contributed by atoms with Crippen LogP contribution in [0.5, 0.6) is 0 Å². The molecule has 0 saturated heterocycles. The summed E-state index contributed by atoms with van der Waals surface area (Å²) < 4.78 is 0. The molecule has 1 nitrogen and oxygen atoms in total. The van der Waals surface area contributed by atoms with Gasteiger partial charge in [0.1, 0.15) is 0 Å². The van der Waals surface area contributed by atoms with E-state index >= 15 is 0 Å². The lowest BCUT2D eigenvalue weighted by molar-refractivity contribution is -0.114. The van der Waals surface area contributed by atoms with Crippen molar-refractivity contribution in [3.8, 4) is 0 Å². The van der Waals surface area contributed by atoms with E-state index in [0.29, 0.717) is 6.42 Å². The molecular formula is C12H11ClOS. The third-order valence-corrected chi connectivity index (χ3v) is 3.70. The molecule has 0 spiro atoms. The highest BCUT2D eigenvalue weighted by atomic mass is 35.5. The van der Waals surface area contributed by atoms with E-state index in [2.05, 4.69) is 0 Å². The second-order valence-electron chi connectivity index (χ2n) is 3.49. The topological polar surface area (TPSA) is 17.1 Å². The van der Waals surface area contributed by atoms with Crippen molar-refractivity contribution < 1.29 is 4.79 Å². The number of ketones is 1. The molecule has 1 aliphatic carbocycles. The van der Waals surface area contributed by atoms with Gasteiger partial charge in [-0.25, -0.2) is 0 Å². The molecule has 0 aromatic heterocycles. The average Bonchev–Trinajstić information content (AvgIpc) is 2.64.